The van der Waals surface area contributed by atoms with E-state index in [2.05, 4.69) is 24.8 Å². The molecule has 0 aromatic heterocycles. The third kappa shape index (κ3) is 3.77. The molecule has 1 aliphatic rings. The summed E-state index contributed by atoms with van der Waals surface area (Å²) in [7, 11) is 0. The number of piperidine rings is 1. The number of likely N-dealkylation sites (tertiary alicyclic amines) is 1. The minimum Gasteiger partial charge on any atom is -0.314 e. The Morgan fingerprint density at radius 2 is 2.00 bits per heavy atom. The van der Waals surface area contributed by atoms with Gasteiger partial charge in [0.2, 0.25) is 0 Å². The van der Waals surface area contributed by atoms with Crippen molar-refractivity contribution in [3.05, 3.63) is 0 Å². The summed E-state index contributed by atoms with van der Waals surface area (Å²) in [6.07, 6.45) is 4.59. The molecule has 0 amide bonds. The van der Waals surface area contributed by atoms with Gasteiger partial charge in [0.15, 0.2) is 0 Å². The second-order valence-electron chi connectivity index (χ2n) is 5.79. The summed E-state index contributed by atoms with van der Waals surface area (Å²) < 4.78 is 0. The van der Waals surface area contributed by atoms with Crippen molar-refractivity contribution in [1.29, 1.82) is 5.26 Å². The number of hydrogen-bond donors (Lipinski definition) is 1. The Kier molecular flexibility index (Phi) is 4.35. The molecule has 1 unspecified atom stereocenters. The molecule has 0 spiro atoms. The highest BCUT2D eigenvalue weighted by Crippen LogP contribution is 2.33. The highest BCUT2D eigenvalue weighted by molar-refractivity contribution is 5.01. The van der Waals surface area contributed by atoms with Gasteiger partial charge < -0.3 is 10.6 Å². The van der Waals surface area contributed by atoms with Crippen LogP contribution in [0.25, 0.3) is 0 Å². The lowest BCUT2D eigenvalue weighted by Gasteiger charge is -2.39. The van der Waals surface area contributed by atoms with Gasteiger partial charge in [-0.3, -0.25) is 0 Å². The van der Waals surface area contributed by atoms with Crippen molar-refractivity contribution < 1.29 is 0 Å². The first-order chi connectivity index (χ1) is 7.41. The lowest BCUT2D eigenvalue weighted by atomic mass is 9.78. The molecule has 92 valence electrons. The van der Waals surface area contributed by atoms with Crippen LogP contribution in [0.5, 0.6) is 0 Å². The highest BCUT2D eigenvalue weighted by Gasteiger charge is 2.29. The Bertz CT molecular complexity index is 257. The monoisotopic (exact) mass is 223 g/mol. The number of rotatable bonds is 4. The van der Waals surface area contributed by atoms with Crippen molar-refractivity contribution in [2.24, 2.45) is 11.1 Å². The van der Waals surface area contributed by atoms with Gasteiger partial charge in [0.25, 0.3) is 0 Å². The van der Waals surface area contributed by atoms with Crippen LogP contribution < -0.4 is 5.73 Å². The Balaban J connectivity index is 2.31. The molecule has 16 heavy (non-hydrogen) atoms. The van der Waals surface area contributed by atoms with Gasteiger partial charge in [-0.2, -0.15) is 5.26 Å². The SMILES string of the molecule is CCC1(C)CCN(CCC(C)(N)C#N)CC1. The van der Waals surface area contributed by atoms with E-state index in [1.54, 1.807) is 0 Å². The van der Waals surface area contributed by atoms with Crippen molar-refractivity contribution in [3.8, 4) is 6.07 Å². The fourth-order valence-corrected chi connectivity index (χ4v) is 2.12. The molecule has 0 radical (unpaired) electrons. The van der Waals surface area contributed by atoms with E-state index in [4.69, 9.17) is 11.0 Å². The molecule has 3 nitrogen and oxygen atoms in total. The van der Waals surface area contributed by atoms with Crippen LogP contribution >= 0.6 is 0 Å². The van der Waals surface area contributed by atoms with Gasteiger partial charge in [-0.05, 0) is 44.7 Å². The maximum atomic E-state index is 8.85. The summed E-state index contributed by atoms with van der Waals surface area (Å²) >= 11 is 0. The first kappa shape index (κ1) is 13.5. The van der Waals surface area contributed by atoms with E-state index in [0.29, 0.717) is 5.41 Å². The quantitative estimate of drug-likeness (QED) is 0.794. The smallest absolute Gasteiger partial charge is 0.102 e. The number of nitrogens with zero attached hydrogens (tertiary/aromatic N) is 2. The van der Waals surface area contributed by atoms with Gasteiger partial charge in [-0.1, -0.05) is 20.3 Å². The van der Waals surface area contributed by atoms with Crippen molar-refractivity contribution >= 4 is 0 Å². The van der Waals surface area contributed by atoms with Crippen molar-refractivity contribution in [2.75, 3.05) is 19.6 Å². The van der Waals surface area contributed by atoms with E-state index in [1.807, 2.05) is 6.92 Å². The molecule has 0 aliphatic carbocycles. The first-order valence-electron chi connectivity index (χ1n) is 6.33. The average Bonchev–Trinajstić information content (AvgIpc) is 2.29. The summed E-state index contributed by atoms with van der Waals surface area (Å²) in [6.45, 7) is 9.75. The van der Waals surface area contributed by atoms with Gasteiger partial charge in [-0.25, -0.2) is 0 Å². The average molecular weight is 223 g/mol. The van der Waals surface area contributed by atoms with Crippen LogP contribution in [0.1, 0.15) is 46.5 Å². The second kappa shape index (κ2) is 5.16. The molecule has 0 aromatic rings. The molecular formula is C13H25N3. The fraction of sp³-hybridized carbons (Fsp3) is 0.923. The van der Waals surface area contributed by atoms with Crippen LogP contribution in [-0.2, 0) is 0 Å². The van der Waals surface area contributed by atoms with Gasteiger partial charge in [0.1, 0.15) is 5.54 Å². The highest BCUT2D eigenvalue weighted by atomic mass is 15.1. The third-order valence-electron chi connectivity index (χ3n) is 4.12. The van der Waals surface area contributed by atoms with Crippen molar-refractivity contribution in [3.63, 3.8) is 0 Å². The summed E-state index contributed by atoms with van der Waals surface area (Å²) in [5, 5.41) is 8.85. The fourth-order valence-electron chi connectivity index (χ4n) is 2.12. The predicted octanol–water partition coefficient (Wildman–Crippen LogP) is 2.13. The van der Waals surface area contributed by atoms with Crippen LogP contribution in [-0.4, -0.2) is 30.1 Å². The van der Waals surface area contributed by atoms with Crippen LogP contribution in [0.15, 0.2) is 0 Å². The van der Waals surface area contributed by atoms with E-state index in [9.17, 15) is 0 Å². The molecule has 0 saturated carbocycles. The Hall–Kier alpha value is -0.590. The zero-order chi connectivity index (χ0) is 12.2. The number of hydrogen-bond acceptors (Lipinski definition) is 3. The standard InChI is InChI=1S/C13H25N3/c1-4-12(2)5-8-16(9-6-12)10-7-13(3,15)11-14/h4-10,15H2,1-3H3. The summed E-state index contributed by atoms with van der Waals surface area (Å²) in [6, 6.07) is 2.16. The molecule has 3 heteroatoms. The lowest BCUT2D eigenvalue weighted by Crippen LogP contribution is -2.43. The zero-order valence-corrected chi connectivity index (χ0v) is 10.9. The minimum absolute atomic E-state index is 0.539. The van der Waals surface area contributed by atoms with E-state index >= 15 is 0 Å². The minimum atomic E-state index is -0.661. The van der Waals surface area contributed by atoms with Gasteiger partial charge in [-0.15, -0.1) is 0 Å². The van der Waals surface area contributed by atoms with Gasteiger partial charge in [0, 0.05) is 6.54 Å². The van der Waals surface area contributed by atoms with Gasteiger partial charge in [0.05, 0.1) is 6.07 Å². The lowest BCUT2D eigenvalue weighted by molar-refractivity contribution is 0.111. The van der Waals surface area contributed by atoms with E-state index in [-0.39, 0.29) is 0 Å². The molecular weight excluding hydrogens is 198 g/mol. The van der Waals surface area contributed by atoms with Crippen LogP contribution in [0.3, 0.4) is 0 Å². The molecule has 1 atom stereocenters. The molecule has 1 fully saturated rings. The largest absolute Gasteiger partial charge is 0.314 e. The molecule has 0 bridgehead atoms. The third-order valence-corrected chi connectivity index (χ3v) is 4.12. The normalized spacial score (nSPS) is 24.7. The van der Waals surface area contributed by atoms with E-state index in [1.165, 1.54) is 19.3 Å². The maximum Gasteiger partial charge on any atom is 0.102 e. The summed E-state index contributed by atoms with van der Waals surface area (Å²) in [5.74, 6) is 0. The van der Waals surface area contributed by atoms with Crippen LogP contribution in [0, 0.1) is 16.7 Å². The first-order valence-corrected chi connectivity index (χ1v) is 6.33. The summed E-state index contributed by atoms with van der Waals surface area (Å²) in [5.41, 5.74) is 5.70. The van der Waals surface area contributed by atoms with E-state index in [0.717, 1.165) is 26.1 Å². The topological polar surface area (TPSA) is 53.0 Å². The van der Waals surface area contributed by atoms with Crippen LogP contribution in [0.2, 0.25) is 0 Å². The predicted molar refractivity (Wildman–Crippen MR) is 66.9 cm³/mol. The number of nitriles is 1. The Morgan fingerprint density at radius 1 is 1.44 bits per heavy atom. The molecule has 1 aliphatic heterocycles. The Labute approximate surface area is 99.6 Å². The van der Waals surface area contributed by atoms with Crippen molar-refractivity contribution in [2.45, 2.75) is 52.0 Å². The van der Waals surface area contributed by atoms with Crippen LogP contribution in [0.4, 0.5) is 0 Å². The van der Waals surface area contributed by atoms with Gasteiger partial charge >= 0.3 is 0 Å². The van der Waals surface area contributed by atoms with Crippen molar-refractivity contribution in [1.82, 2.24) is 4.90 Å². The molecule has 0 aromatic carbocycles. The summed E-state index contributed by atoms with van der Waals surface area (Å²) in [4.78, 5) is 2.44. The Morgan fingerprint density at radius 3 is 2.44 bits per heavy atom. The maximum absolute atomic E-state index is 8.85. The second-order valence-corrected chi connectivity index (χ2v) is 5.79. The molecule has 1 saturated heterocycles. The molecule has 1 rings (SSSR count). The molecule has 1 heterocycles. The number of nitrogens with two attached hydrogens (primary N) is 1. The zero-order valence-electron chi connectivity index (χ0n) is 10.9. The molecule has 2 N–H and O–H groups in total. The van der Waals surface area contributed by atoms with E-state index < -0.39 is 5.54 Å².